The number of nitrogens with zero attached hydrogens (tertiary/aromatic N) is 3. The van der Waals surface area contributed by atoms with Crippen LogP contribution < -0.4 is 10.6 Å². The van der Waals surface area contributed by atoms with Crippen molar-refractivity contribution in [2.45, 2.75) is 71.3 Å². The van der Waals surface area contributed by atoms with Crippen LogP contribution in [0.5, 0.6) is 0 Å². The first-order valence-corrected chi connectivity index (χ1v) is 16.8. The van der Waals surface area contributed by atoms with Gasteiger partial charge in [-0.05, 0) is 68.0 Å². The van der Waals surface area contributed by atoms with Crippen LogP contribution in [0, 0.1) is 0 Å². The van der Waals surface area contributed by atoms with Crippen molar-refractivity contribution in [2.75, 3.05) is 52.5 Å². The molecule has 2 N–H and O–H groups in total. The van der Waals surface area contributed by atoms with Gasteiger partial charge in [0.2, 0.25) is 0 Å². The summed E-state index contributed by atoms with van der Waals surface area (Å²) in [6.07, 6.45) is 1.46. The Morgan fingerprint density at radius 2 is 1.67 bits per heavy atom. The molecule has 2 aliphatic heterocycles. The van der Waals surface area contributed by atoms with Gasteiger partial charge in [-0.15, -0.1) is 0 Å². The van der Waals surface area contributed by atoms with Crippen LogP contribution in [0.1, 0.15) is 63.3 Å². The number of fused-ring (bicyclic) bond motifs is 1. The second-order valence-corrected chi connectivity index (χ2v) is 13.7. The average Bonchev–Trinajstić information content (AvgIpc) is 3.46. The van der Waals surface area contributed by atoms with Crippen molar-refractivity contribution in [3.63, 3.8) is 0 Å². The Bertz CT molecular complexity index is 1430. The van der Waals surface area contributed by atoms with Crippen molar-refractivity contribution in [2.24, 2.45) is 0 Å². The van der Waals surface area contributed by atoms with E-state index in [0.717, 1.165) is 81.8 Å². The molecule has 0 spiro atoms. The standard InChI is InChI=1S/C37H51N5O4/c1-28(33-12-7-10-31-9-5-6-11-34(31)33)38-35(43)42(19-8-18-40-21-23-45-24-22-40)26-30-15-13-29(14-16-30)25-41-20-17-32(27-41)39-36(44)46-37(2,3)4/h5-7,9-16,28,32H,8,17-27H2,1-4H3,(H,38,43)(H,39,44)/t28-,32-/m0/s1. The number of urea groups is 1. The number of carbonyl (C=O) groups excluding carboxylic acids is 2. The minimum absolute atomic E-state index is 0.0490. The Hall–Kier alpha value is -3.66. The number of hydrogen-bond acceptors (Lipinski definition) is 6. The molecule has 3 amide bonds. The van der Waals surface area contributed by atoms with E-state index in [9.17, 15) is 9.59 Å². The van der Waals surface area contributed by atoms with Crippen LogP contribution >= 0.6 is 0 Å². The monoisotopic (exact) mass is 629 g/mol. The zero-order valence-electron chi connectivity index (χ0n) is 28.0. The van der Waals surface area contributed by atoms with Crippen LogP contribution in [0.4, 0.5) is 9.59 Å². The smallest absolute Gasteiger partial charge is 0.407 e. The van der Waals surface area contributed by atoms with Crippen molar-refractivity contribution < 1.29 is 19.1 Å². The summed E-state index contributed by atoms with van der Waals surface area (Å²) in [5.41, 5.74) is 2.94. The molecule has 2 fully saturated rings. The molecule has 2 atom stereocenters. The zero-order chi connectivity index (χ0) is 32.5. The lowest BCUT2D eigenvalue weighted by Gasteiger charge is -2.29. The third-order valence-corrected chi connectivity index (χ3v) is 8.72. The summed E-state index contributed by atoms with van der Waals surface area (Å²) in [5, 5.41) is 8.64. The maximum Gasteiger partial charge on any atom is 0.407 e. The number of carbonyl (C=O) groups is 2. The number of amides is 3. The molecule has 3 aromatic rings. The Morgan fingerprint density at radius 1 is 0.957 bits per heavy atom. The van der Waals surface area contributed by atoms with E-state index < -0.39 is 5.60 Å². The van der Waals surface area contributed by atoms with Crippen LogP contribution in [-0.2, 0) is 22.6 Å². The third-order valence-electron chi connectivity index (χ3n) is 8.72. The highest BCUT2D eigenvalue weighted by molar-refractivity contribution is 5.86. The third kappa shape index (κ3) is 9.92. The molecule has 5 rings (SSSR count). The number of rotatable bonds is 11. The fourth-order valence-corrected chi connectivity index (χ4v) is 6.34. The number of benzene rings is 3. The molecule has 0 radical (unpaired) electrons. The molecule has 248 valence electrons. The van der Waals surface area contributed by atoms with Gasteiger partial charge >= 0.3 is 12.1 Å². The summed E-state index contributed by atoms with van der Waals surface area (Å²) in [4.78, 5) is 32.7. The van der Waals surface area contributed by atoms with Crippen LogP contribution in [0.25, 0.3) is 10.8 Å². The van der Waals surface area contributed by atoms with Gasteiger partial charge in [0.1, 0.15) is 5.60 Å². The second kappa shape index (κ2) is 15.8. The molecule has 0 aromatic heterocycles. The van der Waals surface area contributed by atoms with Crippen LogP contribution in [0.3, 0.4) is 0 Å². The van der Waals surface area contributed by atoms with Gasteiger partial charge < -0.3 is 25.0 Å². The van der Waals surface area contributed by atoms with Crippen molar-refractivity contribution >= 4 is 22.9 Å². The molecule has 0 saturated carbocycles. The van der Waals surface area contributed by atoms with Crippen LogP contribution in [-0.4, -0.2) is 90.9 Å². The van der Waals surface area contributed by atoms with Crippen molar-refractivity contribution in [1.82, 2.24) is 25.3 Å². The van der Waals surface area contributed by atoms with Gasteiger partial charge in [0.25, 0.3) is 0 Å². The first-order valence-electron chi connectivity index (χ1n) is 16.8. The normalized spacial score (nSPS) is 18.3. The first-order chi connectivity index (χ1) is 22.1. The maximum atomic E-state index is 13.8. The average molecular weight is 630 g/mol. The van der Waals surface area contributed by atoms with Gasteiger partial charge in [0.05, 0.1) is 19.3 Å². The first kappa shape index (κ1) is 33.7. The molecule has 0 bridgehead atoms. The fourth-order valence-electron chi connectivity index (χ4n) is 6.34. The number of ether oxygens (including phenoxy) is 2. The van der Waals surface area contributed by atoms with Crippen molar-refractivity contribution in [1.29, 1.82) is 0 Å². The lowest BCUT2D eigenvalue weighted by atomic mass is 10.00. The summed E-state index contributed by atoms with van der Waals surface area (Å²) < 4.78 is 10.9. The highest BCUT2D eigenvalue weighted by atomic mass is 16.6. The SMILES string of the molecule is C[C@H](NC(=O)N(CCCN1CCOCC1)Cc1ccc(CN2CC[C@H](NC(=O)OC(C)(C)C)C2)cc1)c1cccc2ccccc12. The Kier molecular flexibility index (Phi) is 11.5. The number of alkyl carbamates (subject to hydrolysis) is 1. The van der Waals surface area contributed by atoms with E-state index in [1.165, 1.54) is 10.9 Å². The molecule has 0 unspecified atom stereocenters. The molecule has 46 heavy (non-hydrogen) atoms. The van der Waals surface area contributed by atoms with Gasteiger partial charge in [-0.3, -0.25) is 9.80 Å². The molecular formula is C37H51N5O4. The summed E-state index contributed by atoms with van der Waals surface area (Å²) in [6.45, 7) is 15.8. The molecule has 2 aliphatic rings. The van der Waals surface area contributed by atoms with Gasteiger partial charge in [-0.1, -0.05) is 66.7 Å². The molecule has 2 heterocycles. The van der Waals surface area contributed by atoms with Gasteiger partial charge in [0.15, 0.2) is 0 Å². The second-order valence-electron chi connectivity index (χ2n) is 13.7. The number of likely N-dealkylation sites (tertiary alicyclic amines) is 1. The highest BCUT2D eigenvalue weighted by Crippen LogP contribution is 2.24. The number of nitrogens with one attached hydrogen (secondary N) is 2. The van der Waals surface area contributed by atoms with Crippen LogP contribution in [0.2, 0.25) is 0 Å². The van der Waals surface area contributed by atoms with E-state index in [0.29, 0.717) is 13.1 Å². The van der Waals surface area contributed by atoms with Crippen molar-refractivity contribution in [3.8, 4) is 0 Å². The van der Waals surface area contributed by atoms with Gasteiger partial charge in [-0.2, -0.15) is 0 Å². The van der Waals surface area contributed by atoms with E-state index in [-0.39, 0.29) is 24.2 Å². The summed E-state index contributed by atoms with van der Waals surface area (Å²) in [6, 6.07) is 23.1. The number of hydrogen-bond donors (Lipinski definition) is 2. The van der Waals surface area contributed by atoms with E-state index >= 15 is 0 Å². The highest BCUT2D eigenvalue weighted by Gasteiger charge is 2.26. The molecule has 9 heteroatoms. The quantitative estimate of drug-likeness (QED) is 0.273. The number of morpholine rings is 1. The molecular weight excluding hydrogens is 578 g/mol. The largest absolute Gasteiger partial charge is 0.444 e. The lowest BCUT2D eigenvalue weighted by Crippen LogP contribution is -2.43. The Labute approximate surface area is 274 Å². The predicted molar refractivity (Wildman–Crippen MR) is 183 cm³/mol. The Morgan fingerprint density at radius 3 is 2.43 bits per heavy atom. The van der Waals surface area contributed by atoms with E-state index in [1.54, 1.807) is 0 Å². The summed E-state index contributed by atoms with van der Waals surface area (Å²) in [5.74, 6) is 0. The van der Waals surface area contributed by atoms with Crippen molar-refractivity contribution in [3.05, 3.63) is 83.4 Å². The summed E-state index contributed by atoms with van der Waals surface area (Å²) in [7, 11) is 0. The summed E-state index contributed by atoms with van der Waals surface area (Å²) >= 11 is 0. The topological polar surface area (TPSA) is 86.4 Å². The van der Waals surface area contributed by atoms with Gasteiger partial charge in [-0.25, -0.2) is 9.59 Å². The van der Waals surface area contributed by atoms with Crippen LogP contribution in [0.15, 0.2) is 66.7 Å². The zero-order valence-corrected chi connectivity index (χ0v) is 28.0. The molecule has 0 aliphatic carbocycles. The fraction of sp³-hybridized carbons (Fsp3) is 0.514. The molecule has 9 nitrogen and oxygen atoms in total. The molecule has 2 saturated heterocycles. The predicted octanol–water partition coefficient (Wildman–Crippen LogP) is 5.93. The van der Waals surface area contributed by atoms with E-state index in [4.69, 9.17) is 9.47 Å². The minimum atomic E-state index is -0.502. The lowest BCUT2D eigenvalue weighted by molar-refractivity contribution is 0.0364. The Balaban J connectivity index is 1.18. The van der Waals surface area contributed by atoms with E-state index in [1.807, 2.05) is 37.8 Å². The minimum Gasteiger partial charge on any atom is -0.444 e. The molecule has 3 aromatic carbocycles. The van der Waals surface area contributed by atoms with Gasteiger partial charge in [0, 0.05) is 58.4 Å². The maximum absolute atomic E-state index is 13.8. The van der Waals surface area contributed by atoms with E-state index in [2.05, 4.69) is 82.0 Å².